The first-order valence-corrected chi connectivity index (χ1v) is 13.6. The minimum atomic E-state index is -0.245. The van der Waals surface area contributed by atoms with Crippen LogP contribution in [0.15, 0.2) is 58.0 Å². The van der Waals surface area contributed by atoms with Crippen LogP contribution in [0.1, 0.15) is 37.1 Å². The Morgan fingerprint density at radius 2 is 1.95 bits per heavy atom. The Balaban J connectivity index is 1.32. The molecule has 11 heteroatoms. The highest BCUT2D eigenvalue weighted by atomic mass is 35.5. The number of aryl methyl sites for hydroxylation is 2. The maximum Gasteiger partial charge on any atom is 0.260 e. The van der Waals surface area contributed by atoms with E-state index >= 15 is 0 Å². The lowest BCUT2D eigenvalue weighted by Crippen LogP contribution is -2.27. The highest BCUT2D eigenvalue weighted by molar-refractivity contribution is 6.33. The number of pyridine rings is 1. The van der Waals surface area contributed by atoms with Crippen molar-refractivity contribution in [3.8, 4) is 22.5 Å². The van der Waals surface area contributed by atoms with Crippen LogP contribution >= 0.6 is 11.6 Å². The molecule has 5 aromatic rings. The molecule has 204 valence electrons. The van der Waals surface area contributed by atoms with Gasteiger partial charge in [-0.2, -0.15) is 9.97 Å². The van der Waals surface area contributed by atoms with Crippen molar-refractivity contribution < 1.29 is 8.91 Å². The molecule has 0 atom stereocenters. The van der Waals surface area contributed by atoms with E-state index in [1.165, 1.54) is 6.07 Å². The molecule has 1 aliphatic heterocycles. The molecule has 4 heterocycles. The van der Waals surface area contributed by atoms with Gasteiger partial charge in [0.1, 0.15) is 11.5 Å². The van der Waals surface area contributed by atoms with E-state index in [2.05, 4.69) is 30.7 Å². The van der Waals surface area contributed by atoms with E-state index in [-0.39, 0.29) is 23.2 Å². The average Bonchev–Trinajstić information content (AvgIpc) is 3.40. The summed E-state index contributed by atoms with van der Waals surface area (Å²) >= 11 is 6.62. The van der Waals surface area contributed by atoms with Crippen molar-refractivity contribution in [1.29, 1.82) is 0 Å². The van der Waals surface area contributed by atoms with Gasteiger partial charge in [0.15, 0.2) is 0 Å². The number of nitrogens with one attached hydrogen (secondary N) is 2. The molecule has 0 unspecified atom stereocenters. The van der Waals surface area contributed by atoms with Gasteiger partial charge in [0.25, 0.3) is 5.56 Å². The number of aromatic nitrogens is 5. The minimum Gasteiger partial charge on any atom is -0.339 e. The number of benzene rings is 2. The predicted molar refractivity (Wildman–Crippen MR) is 152 cm³/mol. The summed E-state index contributed by atoms with van der Waals surface area (Å²) in [6.45, 7) is 5.76. The van der Waals surface area contributed by atoms with Crippen LogP contribution in [0.25, 0.3) is 33.5 Å². The van der Waals surface area contributed by atoms with Crippen LogP contribution in [0, 0.1) is 12.7 Å². The second kappa shape index (κ2) is 10.8. The molecular formula is C29H27ClFN7O2. The summed E-state index contributed by atoms with van der Waals surface area (Å²) in [6, 6.07) is 12.2. The van der Waals surface area contributed by atoms with Crippen molar-refractivity contribution in [3.63, 3.8) is 0 Å². The Hall–Kier alpha value is -4.15. The van der Waals surface area contributed by atoms with E-state index in [9.17, 15) is 9.18 Å². The van der Waals surface area contributed by atoms with Gasteiger partial charge in [-0.1, -0.05) is 35.0 Å². The van der Waals surface area contributed by atoms with Crippen LogP contribution in [-0.4, -0.2) is 37.8 Å². The molecule has 0 radical (unpaired) electrons. The Morgan fingerprint density at radius 3 is 2.65 bits per heavy atom. The number of rotatable bonds is 6. The predicted octanol–water partition coefficient (Wildman–Crippen LogP) is 5.84. The zero-order chi connectivity index (χ0) is 27.8. The largest absolute Gasteiger partial charge is 0.339 e. The first-order valence-electron chi connectivity index (χ1n) is 13.2. The van der Waals surface area contributed by atoms with Crippen molar-refractivity contribution in [2.45, 2.75) is 39.2 Å². The number of hydrogen-bond acceptors (Lipinski definition) is 8. The van der Waals surface area contributed by atoms with E-state index in [1.54, 1.807) is 42.0 Å². The van der Waals surface area contributed by atoms with Gasteiger partial charge >= 0.3 is 0 Å². The highest BCUT2D eigenvalue weighted by Gasteiger charge is 2.20. The van der Waals surface area contributed by atoms with Gasteiger partial charge in [0.05, 0.1) is 0 Å². The Bertz CT molecular complexity index is 1780. The van der Waals surface area contributed by atoms with Crippen LogP contribution in [0.2, 0.25) is 5.02 Å². The third kappa shape index (κ3) is 4.96. The lowest BCUT2D eigenvalue weighted by molar-refractivity contribution is 0.394. The second-order valence-electron chi connectivity index (χ2n) is 9.80. The molecule has 6 rings (SSSR count). The molecular weight excluding hydrogens is 533 g/mol. The van der Waals surface area contributed by atoms with Crippen molar-refractivity contribution in [2.75, 3.05) is 18.4 Å². The van der Waals surface area contributed by atoms with Gasteiger partial charge in [-0.25, -0.2) is 9.37 Å². The third-order valence-corrected chi connectivity index (χ3v) is 7.54. The van der Waals surface area contributed by atoms with Crippen LogP contribution < -0.4 is 16.2 Å². The van der Waals surface area contributed by atoms with Crippen LogP contribution in [0.5, 0.6) is 0 Å². The van der Waals surface area contributed by atoms with Gasteiger partial charge in [0.2, 0.25) is 17.7 Å². The summed E-state index contributed by atoms with van der Waals surface area (Å²) in [5.41, 5.74) is 3.19. The average molecular weight is 560 g/mol. The molecule has 1 saturated heterocycles. The zero-order valence-electron chi connectivity index (χ0n) is 22.0. The number of fused-ring (bicyclic) bond motifs is 1. The standard InChI is InChI=1S/C29H27ClFN7O2/c1-3-38-27-19(12-23(28(38)39)22-6-4-18(13-24(22)30)26-34-16(2)40-37-26)15-33-29(36-27)35-20-5-7-21(25(31)14-20)17-8-10-32-11-9-17/h4-7,12-15,17,32H,3,8-11H2,1-2H3,(H,33,35,36). The Kier molecular flexibility index (Phi) is 7.03. The summed E-state index contributed by atoms with van der Waals surface area (Å²) in [7, 11) is 0. The van der Waals surface area contributed by atoms with Gasteiger partial charge in [-0.05, 0) is 68.6 Å². The number of piperidine rings is 1. The van der Waals surface area contributed by atoms with Gasteiger partial charge in [-0.15, -0.1) is 0 Å². The molecule has 9 nitrogen and oxygen atoms in total. The van der Waals surface area contributed by atoms with E-state index in [1.807, 2.05) is 19.1 Å². The van der Waals surface area contributed by atoms with Crippen LogP contribution in [0.3, 0.4) is 0 Å². The van der Waals surface area contributed by atoms with E-state index in [4.69, 9.17) is 16.1 Å². The van der Waals surface area contributed by atoms with Crippen molar-refractivity contribution in [2.24, 2.45) is 0 Å². The Labute approximate surface area is 234 Å². The topological polar surface area (TPSA) is 111 Å². The number of anilines is 2. The molecule has 1 aliphatic rings. The molecule has 0 bridgehead atoms. The quantitative estimate of drug-likeness (QED) is 0.267. The summed E-state index contributed by atoms with van der Waals surface area (Å²) in [4.78, 5) is 26.8. The van der Waals surface area contributed by atoms with Crippen LogP contribution in [-0.2, 0) is 6.54 Å². The summed E-state index contributed by atoms with van der Waals surface area (Å²) in [5, 5.41) is 11.4. The molecule has 2 N–H and O–H groups in total. The van der Waals surface area contributed by atoms with Crippen molar-refractivity contribution in [3.05, 3.63) is 81.3 Å². The van der Waals surface area contributed by atoms with Gasteiger partial charge < -0.3 is 15.2 Å². The molecule has 0 saturated carbocycles. The SMILES string of the molecule is CCn1c(=O)c(-c2ccc(-c3noc(C)n3)cc2Cl)cc2cnc(Nc3ccc(C4CCNCC4)c(F)c3)nc21. The molecule has 3 aromatic heterocycles. The minimum absolute atomic E-state index is 0.216. The monoisotopic (exact) mass is 559 g/mol. The fraction of sp³-hybridized carbons (Fsp3) is 0.276. The summed E-state index contributed by atoms with van der Waals surface area (Å²) in [5.74, 6) is 1.11. The molecule has 0 aliphatic carbocycles. The van der Waals surface area contributed by atoms with Gasteiger partial charge in [-0.3, -0.25) is 9.36 Å². The highest BCUT2D eigenvalue weighted by Crippen LogP contribution is 2.32. The van der Waals surface area contributed by atoms with Gasteiger partial charge in [0, 0.05) is 52.5 Å². The molecule has 2 aromatic carbocycles. The maximum atomic E-state index is 15.0. The van der Waals surface area contributed by atoms with Crippen molar-refractivity contribution >= 4 is 34.3 Å². The molecule has 1 fully saturated rings. The van der Waals surface area contributed by atoms with Crippen molar-refractivity contribution in [1.82, 2.24) is 30.0 Å². The fourth-order valence-corrected chi connectivity index (χ4v) is 5.48. The Morgan fingerprint density at radius 1 is 1.12 bits per heavy atom. The zero-order valence-corrected chi connectivity index (χ0v) is 22.8. The molecule has 0 spiro atoms. The first kappa shape index (κ1) is 26.1. The lowest BCUT2D eigenvalue weighted by Gasteiger charge is -2.23. The van der Waals surface area contributed by atoms with E-state index in [0.29, 0.717) is 56.7 Å². The fourth-order valence-electron chi connectivity index (χ4n) is 5.19. The van der Waals surface area contributed by atoms with E-state index < -0.39 is 0 Å². The van der Waals surface area contributed by atoms with E-state index in [0.717, 1.165) is 31.5 Å². The molecule has 0 amide bonds. The van der Waals surface area contributed by atoms with Crippen LogP contribution in [0.4, 0.5) is 16.0 Å². The number of nitrogens with zero attached hydrogens (tertiary/aromatic N) is 5. The molecule has 40 heavy (non-hydrogen) atoms. The first-order chi connectivity index (χ1) is 19.4. The summed E-state index contributed by atoms with van der Waals surface area (Å²) in [6.07, 6.45) is 3.48. The number of hydrogen-bond donors (Lipinski definition) is 2. The maximum absolute atomic E-state index is 15.0. The summed E-state index contributed by atoms with van der Waals surface area (Å²) < 4.78 is 21.6. The second-order valence-corrected chi connectivity index (χ2v) is 10.2. The smallest absolute Gasteiger partial charge is 0.260 e. The number of halogens is 2. The third-order valence-electron chi connectivity index (χ3n) is 7.22. The normalized spacial score (nSPS) is 14.1. The lowest BCUT2D eigenvalue weighted by atomic mass is 9.90.